The summed E-state index contributed by atoms with van der Waals surface area (Å²) in [6, 6.07) is 11.2. The number of benzene rings is 2. The maximum Gasteiger partial charge on any atom is 0.231 e. The summed E-state index contributed by atoms with van der Waals surface area (Å²) in [5.74, 6) is 1.12. The molecule has 2 aromatic carbocycles. The van der Waals surface area contributed by atoms with Gasteiger partial charge in [0.1, 0.15) is 0 Å². The summed E-state index contributed by atoms with van der Waals surface area (Å²) < 4.78 is 10.5. The number of nitrogens with one attached hydrogen (secondary N) is 1. The number of ketones is 1. The van der Waals surface area contributed by atoms with Gasteiger partial charge < -0.3 is 14.8 Å². The molecule has 0 atom stereocenters. The first-order chi connectivity index (χ1) is 12.7. The third-order valence-corrected chi connectivity index (χ3v) is 4.91. The van der Waals surface area contributed by atoms with Gasteiger partial charge in [-0.3, -0.25) is 9.59 Å². The highest BCUT2D eigenvalue weighted by Gasteiger charge is 2.16. The number of hydrogen-bond acceptors (Lipinski definition) is 4. The first-order valence-corrected chi connectivity index (χ1v) is 9.03. The minimum absolute atomic E-state index is 0.0132. The molecular weight excluding hydrogens is 330 g/mol. The van der Waals surface area contributed by atoms with Gasteiger partial charge in [0.2, 0.25) is 12.7 Å². The van der Waals surface area contributed by atoms with Crippen LogP contribution in [0.2, 0.25) is 0 Å². The van der Waals surface area contributed by atoms with Gasteiger partial charge in [0, 0.05) is 30.2 Å². The zero-order valence-electron chi connectivity index (χ0n) is 14.5. The van der Waals surface area contributed by atoms with Crippen LogP contribution >= 0.6 is 0 Å². The second-order valence-electron chi connectivity index (χ2n) is 6.73. The van der Waals surface area contributed by atoms with Crippen LogP contribution in [0, 0.1) is 0 Å². The summed E-state index contributed by atoms with van der Waals surface area (Å²) in [4.78, 5) is 24.6. The zero-order chi connectivity index (χ0) is 17.9. The summed E-state index contributed by atoms with van der Waals surface area (Å²) in [6.45, 7) is 0.196. The Labute approximate surface area is 152 Å². The van der Waals surface area contributed by atoms with E-state index in [0.29, 0.717) is 22.7 Å². The van der Waals surface area contributed by atoms with E-state index in [-0.39, 0.29) is 31.3 Å². The summed E-state index contributed by atoms with van der Waals surface area (Å²) in [7, 11) is 0. The van der Waals surface area contributed by atoms with Crippen molar-refractivity contribution in [3.63, 3.8) is 0 Å². The molecule has 0 saturated carbocycles. The summed E-state index contributed by atoms with van der Waals surface area (Å²) in [6.07, 6.45) is 4.91. The van der Waals surface area contributed by atoms with E-state index in [9.17, 15) is 9.59 Å². The Morgan fingerprint density at radius 1 is 0.885 bits per heavy atom. The molecule has 1 aliphatic carbocycles. The molecule has 0 fully saturated rings. The normalized spacial score (nSPS) is 14.6. The number of rotatable bonds is 5. The van der Waals surface area contributed by atoms with Gasteiger partial charge >= 0.3 is 0 Å². The van der Waals surface area contributed by atoms with Crippen molar-refractivity contribution in [2.75, 3.05) is 12.1 Å². The number of anilines is 1. The Hall–Kier alpha value is -2.82. The van der Waals surface area contributed by atoms with Crippen molar-refractivity contribution < 1.29 is 19.1 Å². The molecule has 0 radical (unpaired) electrons. The highest BCUT2D eigenvalue weighted by atomic mass is 16.7. The Morgan fingerprint density at radius 3 is 2.58 bits per heavy atom. The van der Waals surface area contributed by atoms with Crippen molar-refractivity contribution in [1.29, 1.82) is 0 Å². The highest BCUT2D eigenvalue weighted by molar-refractivity contribution is 6.00. The van der Waals surface area contributed by atoms with Crippen molar-refractivity contribution in [3.8, 4) is 11.5 Å². The topological polar surface area (TPSA) is 64.6 Å². The summed E-state index contributed by atoms with van der Waals surface area (Å²) in [5.41, 5.74) is 3.99. The van der Waals surface area contributed by atoms with Crippen LogP contribution in [-0.2, 0) is 17.6 Å². The van der Waals surface area contributed by atoms with Gasteiger partial charge in [-0.15, -0.1) is 0 Å². The maximum atomic E-state index is 12.4. The van der Waals surface area contributed by atoms with E-state index in [1.165, 1.54) is 24.0 Å². The van der Waals surface area contributed by atoms with Gasteiger partial charge in [-0.2, -0.15) is 0 Å². The van der Waals surface area contributed by atoms with Crippen LogP contribution in [0.3, 0.4) is 0 Å². The van der Waals surface area contributed by atoms with E-state index in [0.717, 1.165) is 12.8 Å². The van der Waals surface area contributed by atoms with Crippen LogP contribution in [-0.4, -0.2) is 18.5 Å². The number of ether oxygens (including phenoxy) is 2. The molecule has 5 heteroatoms. The van der Waals surface area contributed by atoms with Crippen LogP contribution in [0.1, 0.15) is 47.2 Å². The molecule has 0 aromatic heterocycles. The van der Waals surface area contributed by atoms with Crippen molar-refractivity contribution in [2.45, 2.75) is 38.5 Å². The Bertz CT molecular complexity index is 859. The quantitative estimate of drug-likeness (QED) is 0.830. The summed E-state index contributed by atoms with van der Waals surface area (Å²) >= 11 is 0. The SMILES string of the molecule is O=C(CCC(=O)c1ccc2c(c1)CCCC2)Nc1ccc2c(c1)OCO2. The molecule has 4 rings (SSSR count). The number of carbonyl (C=O) groups excluding carboxylic acids is 2. The van der Waals surface area contributed by atoms with Crippen molar-refractivity contribution in [2.24, 2.45) is 0 Å². The monoisotopic (exact) mass is 351 g/mol. The van der Waals surface area contributed by atoms with Crippen molar-refractivity contribution in [3.05, 3.63) is 53.1 Å². The molecule has 26 heavy (non-hydrogen) atoms. The molecular formula is C21H21NO4. The minimum atomic E-state index is -0.185. The number of Topliss-reactive ketones (excluding diaryl/α,β-unsaturated/α-hetero) is 1. The van der Waals surface area contributed by atoms with Crippen molar-refractivity contribution in [1.82, 2.24) is 0 Å². The van der Waals surface area contributed by atoms with Gasteiger partial charge in [-0.25, -0.2) is 0 Å². The predicted octanol–water partition coefficient (Wildman–Crippen LogP) is 3.90. The molecule has 2 aromatic rings. The number of aryl methyl sites for hydroxylation is 2. The highest BCUT2D eigenvalue weighted by Crippen LogP contribution is 2.34. The van der Waals surface area contributed by atoms with Crippen LogP contribution in [0.25, 0.3) is 0 Å². The van der Waals surface area contributed by atoms with Crippen LogP contribution in [0.5, 0.6) is 11.5 Å². The van der Waals surface area contributed by atoms with E-state index in [1.54, 1.807) is 18.2 Å². The molecule has 1 heterocycles. The third kappa shape index (κ3) is 3.57. The van der Waals surface area contributed by atoms with Crippen molar-refractivity contribution >= 4 is 17.4 Å². The minimum Gasteiger partial charge on any atom is -0.454 e. The molecule has 2 aliphatic rings. The van der Waals surface area contributed by atoms with E-state index < -0.39 is 0 Å². The summed E-state index contributed by atoms with van der Waals surface area (Å²) in [5, 5.41) is 2.80. The van der Waals surface area contributed by atoms with Gasteiger partial charge in [0.25, 0.3) is 0 Å². The van der Waals surface area contributed by atoms with Crippen LogP contribution in [0.4, 0.5) is 5.69 Å². The fourth-order valence-electron chi connectivity index (χ4n) is 3.48. The van der Waals surface area contributed by atoms with E-state index in [4.69, 9.17) is 9.47 Å². The first kappa shape index (κ1) is 16.6. The lowest BCUT2D eigenvalue weighted by atomic mass is 9.89. The maximum absolute atomic E-state index is 12.4. The first-order valence-electron chi connectivity index (χ1n) is 9.03. The predicted molar refractivity (Wildman–Crippen MR) is 97.8 cm³/mol. The Kier molecular flexibility index (Phi) is 4.61. The molecule has 134 valence electrons. The van der Waals surface area contributed by atoms with E-state index in [1.807, 2.05) is 12.1 Å². The second kappa shape index (κ2) is 7.20. The largest absolute Gasteiger partial charge is 0.454 e. The number of carbonyl (C=O) groups is 2. The fraction of sp³-hybridized carbons (Fsp3) is 0.333. The molecule has 0 bridgehead atoms. The Morgan fingerprint density at radius 2 is 1.69 bits per heavy atom. The number of amides is 1. The average molecular weight is 351 g/mol. The van der Waals surface area contributed by atoms with Gasteiger partial charge in [-0.1, -0.05) is 12.1 Å². The molecule has 0 unspecified atom stereocenters. The Balaban J connectivity index is 1.33. The van der Waals surface area contributed by atoms with Gasteiger partial charge in [-0.05, 0) is 55.0 Å². The molecule has 1 N–H and O–H groups in total. The van der Waals surface area contributed by atoms with Gasteiger partial charge in [0.15, 0.2) is 17.3 Å². The fourth-order valence-corrected chi connectivity index (χ4v) is 3.48. The standard InChI is InChI=1S/C21H21NO4/c23-18(16-6-5-14-3-1-2-4-15(14)11-16)8-10-21(24)22-17-7-9-19-20(12-17)26-13-25-19/h5-7,9,11-12H,1-4,8,10,13H2,(H,22,24). The lowest BCUT2D eigenvalue weighted by Crippen LogP contribution is -2.14. The molecule has 0 saturated heterocycles. The van der Waals surface area contributed by atoms with E-state index in [2.05, 4.69) is 11.4 Å². The number of hydrogen-bond donors (Lipinski definition) is 1. The molecule has 1 aliphatic heterocycles. The smallest absolute Gasteiger partial charge is 0.231 e. The second-order valence-corrected chi connectivity index (χ2v) is 6.73. The van der Waals surface area contributed by atoms with Gasteiger partial charge in [0.05, 0.1) is 0 Å². The third-order valence-electron chi connectivity index (χ3n) is 4.91. The number of fused-ring (bicyclic) bond motifs is 2. The lowest BCUT2D eigenvalue weighted by molar-refractivity contribution is -0.116. The molecule has 1 amide bonds. The lowest BCUT2D eigenvalue weighted by Gasteiger charge is -2.16. The average Bonchev–Trinajstić information content (AvgIpc) is 3.13. The van der Waals surface area contributed by atoms with Crippen LogP contribution in [0.15, 0.2) is 36.4 Å². The molecule has 5 nitrogen and oxygen atoms in total. The van der Waals surface area contributed by atoms with Crippen LogP contribution < -0.4 is 14.8 Å². The zero-order valence-corrected chi connectivity index (χ0v) is 14.5. The molecule has 0 spiro atoms. The van der Waals surface area contributed by atoms with E-state index >= 15 is 0 Å².